The smallest absolute Gasteiger partial charge is 0.272 e. The van der Waals surface area contributed by atoms with Gasteiger partial charge >= 0.3 is 0 Å². The number of likely N-dealkylation sites (tertiary alicyclic amines) is 1. The number of piperidine rings is 1. The van der Waals surface area contributed by atoms with Gasteiger partial charge in [-0.25, -0.2) is 4.68 Å². The molecule has 3 fully saturated rings. The van der Waals surface area contributed by atoms with E-state index in [0.717, 1.165) is 30.0 Å². The number of hydrogen-bond acceptors (Lipinski definition) is 2. The van der Waals surface area contributed by atoms with Crippen LogP contribution in [0.3, 0.4) is 0 Å². The molecule has 0 unspecified atom stereocenters. The van der Waals surface area contributed by atoms with Gasteiger partial charge in [0.15, 0.2) is 0 Å². The summed E-state index contributed by atoms with van der Waals surface area (Å²) in [4.78, 5) is 15.8. The normalized spacial score (nSPS) is 25.8. The van der Waals surface area contributed by atoms with Crippen molar-refractivity contribution in [3.63, 3.8) is 0 Å². The molecular formula is C22H27N3O. The van der Waals surface area contributed by atoms with Gasteiger partial charge in [-0.05, 0) is 62.6 Å². The Morgan fingerprint density at radius 1 is 0.962 bits per heavy atom. The summed E-state index contributed by atoms with van der Waals surface area (Å²) in [6, 6.07) is 12.6. The average molecular weight is 349 g/mol. The zero-order chi connectivity index (χ0) is 17.5. The Bertz CT molecular complexity index is 791. The highest BCUT2D eigenvalue weighted by Crippen LogP contribution is 2.40. The van der Waals surface area contributed by atoms with Crippen molar-refractivity contribution in [2.75, 3.05) is 6.54 Å². The van der Waals surface area contributed by atoms with Crippen molar-refractivity contribution in [2.45, 2.75) is 63.3 Å². The Kier molecular flexibility index (Phi) is 4.07. The Morgan fingerprint density at radius 2 is 1.73 bits per heavy atom. The Morgan fingerprint density at radius 3 is 2.54 bits per heavy atom. The maximum absolute atomic E-state index is 13.6. The zero-order valence-corrected chi connectivity index (χ0v) is 15.3. The summed E-state index contributed by atoms with van der Waals surface area (Å²) in [7, 11) is 0. The lowest BCUT2D eigenvalue weighted by molar-refractivity contribution is 0.0382. The van der Waals surface area contributed by atoms with Gasteiger partial charge in [-0.1, -0.05) is 31.0 Å². The largest absolute Gasteiger partial charge is 0.334 e. The van der Waals surface area contributed by atoms with Crippen molar-refractivity contribution in [2.24, 2.45) is 5.92 Å². The van der Waals surface area contributed by atoms with Crippen LogP contribution in [0.2, 0.25) is 0 Å². The lowest BCUT2D eigenvalue weighted by atomic mass is 9.78. The Balaban J connectivity index is 1.51. The molecule has 1 aromatic heterocycles. The molecule has 5 rings (SSSR count). The number of aromatic nitrogens is 2. The fraction of sp³-hybridized carbons (Fsp3) is 0.545. The summed E-state index contributed by atoms with van der Waals surface area (Å²) in [6.45, 7) is 0.902. The first-order valence-electron chi connectivity index (χ1n) is 10.3. The predicted molar refractivity (Wildman–Crippen MR) is 102 cm³/mol. The highest BCUT2D eigenvalue weighted by molar-refractivity contribution is 5.93. The van der Waals surface area contributed by atoms with E-state index in [0.29, 0.717) is 17.9 Å². The van der Waals surface area contributed by atoms with Gasteiger partial charge in [0.25, 0.3) is 5.91 Å². The number of rotatable bonds is 3. The minimum atomic E-state index is 0.185. The Hall–Kier alpha value is -2.10. The molecule has 1 saturated heterocycles. The second kappa shape index (κ2) is 6.57. The molecule has 1 aliphatic heterocycles. The van der Waals surface area contributed by atoms with Crippen molar-refractivity contribution in [3.8, 4) is 5.69 Å². The standard InChI is InChI=1S/C22H27N3O/c26-22(24-14-6-8-17-7-4-5-11-20(17)24)21-15-19(16-12-13-16)23-25(21)18-9-2-1-3-10-18/h1-3,9-10,15-17,20H,4-8,11-14H2/t17-,20-/m1/s1. The molecule has 4 nitrogen and oxygen atoms in total. The van der Waals surface area contributed by atoms with Crippen molar-refractivity contribution in [3.05, 3.63) is 47.8 Å². The van der Waals surface area contributed by atoms with E-state index < -0.39 is 0 Å². The molecule has 2 heterocycles. The molecule has 2 aromatic rings. The molecule has 3 aliphatic rings. The van der Waals surface area contributed by atoms with Crippen LogP contribution in [-0.2, 0) is 0 Å². The van der Waals surface area contributed by atoms with E-state index >= 15 is 0 Å². The molecule has 0 radical (unpaired) electrons. The molecule has 1 amide bonds. The van der Waals surface area contributed by atoms with Crippen LogP contribution >= 0.6 is 0 Å². The van der Waals surface area contributed by atoms with E-state index in [1.807, 2.05) is 35.0 Å². The molecule has 1 aromatic carbocycles. The fourth-order valence-electron chi connectivity index (χ4n) is 4.92. The van der Waals surface area contributed by atoms with E-state index in [1.165, 1.54) is 44.9 Å². The van der Waals surface area contributed by atoms with E-state index in [-0.39, 0.29) is 5.91 Å². The highest BCUT2D eigenvalue weighted by atomic mass is 16.2. The molecular weight excluding hydrogens is 322 g/mol. The minimum Gasteiger partial charge on any atom is -0.334 e. The number of para-hydroxylation sites is 1. The van der Waals surface area contributed by atoms with E-state index in [4.69, 9.17) is 5.10 Å². The van der Waals surface area contributed by atoms with Gasteiger partial charge in [0, 0.05) is 18.5 Å². The van der Waals surface area contributed by atoms with Gasteiger partial charge in [0.1, 0.15) is 5.69 Å². The van der Waals surface area contributed by atoms with Gasteiger partial charge in [-0.15, -0.1) is 0 Å². The first-order chi connectivity index (χ1) is 12.8. The summed E-state index contributed by atoms with van der Waals surface area (Å²) in [5, 5.41) is 4.83. The molecule has 2 saturated carbocycles. The first kappa shape index (κ1) is 16.1. The molecule has 2 aliphatic carbocycles. The van der Waals surface area contributed by atoms with Crippen LogP contribution in [-0.4, -0.2) is 33.2 Å². The third kappa shape index (κ3) is 2.85. The van der Waals surface area contributed by atoms with Crippen LogP contribution in [0.1, 0.15) is 73.5 Å². The summed E-state index contributed by atoms with van der Waals surface area (Å²) >= 11 is 0. The van der Waals surface area contributed by atoms with Gasteiger partial charge in [0.2, 0.25) is 0 Å². The van der Waals surface area contributed by atoms with Crippen molar-refractivity contribution >= 4 is 5.91 Å². The fourth-order valence-corrected chi connectivity index (χ4v) is 4.92. The number of amides is 1. The van der Waals surface area contributed by atoms with Crippen LogP contribution in [0.25, 0.3) is 5.69 Å². The Labute approximate surface area is 155 Å². The molecule has 0 bridgehead atoms. The number of fused-ring (bicyclic) bond motifs is 1. The molecule has 2 atom stereocenters. The van der Waals surface area contributed by atoms with Gasteiger partial charge in [0.05, 0.1) is 11.4 Å². The average Bonchev–Trinajstić information content (AvgIpc) is 3.46. The maximum Gasteiger partial charge on any atom is 0.272 e. The van der Waals surface area contributed by atoms with Crippen LogP contribution in [0.4, 0.5) is 0 Å². The van der Waals surface area contributed by atoms with Crippen LogP contribution in [0, 0.1) is 5.92 Å². The summed E-state index contributed by atoms with van der Waals surface area (Å²) in [6.07, 6.45) is 9.89. The summed E-state index contributed by atoms with van der Waals surface area (Å²) < 4.78 is 1.89. The van der Waals surface area contributed by atoms with Crippen molar-refractivity contribution < 1.29 is 4.79 Å². The van der Waals surface area contributed by atoms with Crippen molar-refractivity contribution in [1.82, 2.24) is 14.7 Å². The summed E-state index contributed by atoms with van der Waals surface area (Å²) in [5.74, 6) is 1.44. The van der Waals surface area contributed by atoms with E-state index in [9.17, 15) is 4.79 Å². The third-order valence-corrected chi connectivity index (χ3v) is 6.45. The SMILES string of the molecule is O=C(c1cc(C2CC2)nn1-c1ccccc1)N1CCC[C@H]2CCCC[C@H]21. The van der Waals surface area contributed by atoms with Gasteiger partial charge < -0.3 is 4.90 Å². The second-order valence-electron chi connectivity index (χ2n) is 8.23. The maximum atomic E-state index is 13.6. The predicted octanol–water partition coefficient (Wildman–Crippen LogP) is 4.54. The monoisotopic (exact) mass is 349 g/mol. The molecule has 0 N–H and O–H groups in total. The van der Waals surface area contributed by atoms with E-state index in [1.54, 1.807) is 0 Å². The summed E-state index contributed by atoms with van der Waals surface area (Å²) in [5.41, 5.74) is 2.83. The van der Waals surface area contributed by atoms with Gasteiger partial charge in [-0.2, -0.15) is 5.10 Å². The molecule has 0 spiro atoms. The lowest BCUT2D eigenvalue weighted by Crippen LogP contribution is -2.50. The first-order valence-corrected chi connectivity index (χ1v) is 10.3. The van der Waals surface area contributed by atoms with Gasteiger partial charge in [-0.3, -0.25) is 4.79 Å². The molecule has 136 valence electrons. The number of benzene rings is 1. The van der Waals surface area contributed by atoms with Crippen LogP contribution in [0.15, 0.2) is 36.4 Å². The number of hydrogen-bond donors (Lipinski definition) is 0. The zero-order valence-electron chi connectivity index (χ0n) is 15.3. The second-order valence-corrected chi connectivity index (χ2v) is 8.23. The van der Waals surface area contributed by atoms with E-state index in [2.05, 4.69) is 11.0 Å². The quantitative estimate of drug-likeness (QED) is 0.815. The minimum absolute atomic E-state index is 0.185. The van der Waals surface area contributed by atoms with Crippen molar-refractivity contribution in [1.29, 1.82) is 0 Å². The van der Waals surface area contributed by atoms with Crippen LogP contribution < -0.4 is 0 Å². The van der Waals surface area contributed by atoms with Crippen LogP contribution in [0.5, 0.6) is 0 Å². The lowest BCUT2D eigenvalue weighted by Gasteiger charge is -2.44. The molecule has 26 heavy (non-hydrogen) atoms. The molecule has 4 heteroatoms. The highest BCUT2D eigenvalue weighted by Gasteiger charge is 2.38. The number of carbonyl (C=O) groups excluding carboxylic acids is 1. The third-order valence-electron chi connectivity index (χ3n) is 6.45. The number of nitrogens with zero attached hydrogens (tertiary/aromatic N) is 3. The topological polar surface area (TPSA) is 38.1 Å². The number of carbonyl (C=O) groups is 1.